The number of hydrogen-bond donors (Lipinski definition) is 2. The number of ketones is 1. The van der Waals surface area contributed by atoms with Gasteiger partial charge in [-0.25, -0.2) is 13.1 Å². The summed E-state index contributed by atoms with van der Waals surface area (Å²) >= 11 is 0. The molecule has 1 aromatic carbocycles. The van der Waals surface area contributed by atoms with Gasteiger partial charge in [-0.05, 0) is 45.0 Å². The minimum absolute atomic E-state index is 0.121. The van der Waals surface area contributed by atoms with Gasteiger partial charge in [-0.3, -0.25) is 9.59 Å². The summed E-state index contributed by atoms with van der Waals surface area (Å²) in [5.41, 5.74) is 0.444. The fourth-order valence-electron chi connectivity index (χ4n) is 1.53. The number of carbonyl (C=O) groups excluding carboxylic acids is 2. The van der Waals surface area contributed by atoms with Crippen LogP contribution in [0.15, 0.2) is 29.2 Å². The van der Waals surface area contributed by atoms with Crippen LogP contribution in [0.1, 0.15) is 27.2 Å². The van der Waals surface area contributed by atoms with Crippen LogP contribution in [-0.2, 0) is 19.6 Å². The highest BCUT2D eigenvalue weighted by Crippen LogP contribution is 2.14. The first-order chi connectivity index (χ1) is 9.20. The molecule has 0 aromatic heterocycles. The third-order valence-electron chi connectivity index (χ3n) is 2.25. The van der Waals surface area contributed by atoms with Crippen LogP contribution in [0.4, 0.5) is 5.69 Å². The molecule has 1 rings (SSSR count). The molecule has 0 radical (unpaired) electrons. The predicted octanol–water partition coefficient (Wildman–Crippen LogP) is 1.29. The van der Waals surface area contributed by atoms with Gasteiger partial charge in [-0.2, -0.15) is 0 Å². The van der Waals surface area contributed by atoms with Crippen molar-refractivity contribution in [1.29, 1.82) is 0 Å². The lowest BCUT2D eigenvalue weighted by Crippen LogP contribution is -2.30. The van der Waals surface area contributed by atoms with Gasteiger partial charge < -0.3 is 5.32 Å². The van der Waals surface area contributed by atoms with Crippen molar-refractivity contribution in [3.8, 4) is 0 Å². The minimum Gasteiger partial charge on any atom is -0.326 e. The van der Waals surface area contributed by atoms with E-state index < -0.39 is 15.9 Å². The molecular formula is C13H18N2O4S. The quantitative estimate of drug-likeness (QED) is 0.774. The Bertz CT molecular complexity index is 591. The summed E-state index contributed by atoms with van der Waals surface area (Å²) in [7, 11) is -3.54. The van der Waals surface area contributed by atoms with E-state index in [9.17, 15) is 18.0 Å². The van der Waals surface area contributed by atoms with Gasteiger partial charge in [-0.1, -0.05) is 0 Å². The number of carbonyl (C=O) groups is 2. The van der Waals surface area contributed by atoms with Gasteiger partial charge in [0.15, 0.2) is 0 Å². The zero-order chi connectivity index (χ0) is 15.3. The van der Waals surface area contributed by atoms with Gasteiger partial charge in [-0.15, -0.1) is 0 Å². The Kier molecular flexibility index (Phi) is 5.41. The first-order valence-corrected chi connectivity index (χ1v) is 7.60. The van der Waals surface area contributed by atoms with Gasteiger partial charge in [0.05, 0.1) is 11.3 Å². The molecule has 2 N–H and O–H groups in total. The summed E-state index contributed by atoms with van der Waals surface area (Å²) in [6, 6.07) is 5.55. The van der Waals surface area contributed by atoms with Crippen molar-refractivity contribution in [2.75, 3.05) is 5.32 Å². The molecule has 0 saturated heterocycles. The number of anilines is 1. The average molecular weight is 298 g/mol. The van der Waals surface area contributed by atoms with Crippen molar-refractivity contribution in [2.45, 2.75) is 38.1 Å². The molecule has 0 aliphatic heterocycles. The average Bonchev–Trinajstić information content (AvgIpc) is 2.26. The van der Waals surface area contributed by atoms with Crippen LogP contribution in [0.3, 0.4) is 0 Å². The smallest absolute Gasteiger partial charge is 0.240 e. The van der Waals surface area contributed by atoms with E-state index in [0.717, 1.165) is 0 Å². The predicted molar refractivity (Wildman–Crippen MR) is 75.8 cm³/mol. The number of nitrogens with one attached hydrogen (secondary N) is 2. The van der Waals surface area contributed by atoms with Gasteiger partial charge in [0, 0.05) is 11.7 Å². The molecule has 20 heavy (non-hydrogen) atoms. The standard InChI is InChI=1S/C13H18N2O4S/c1-9(2)15-20(18,19)12-6-4-11(5-7-12)14-13(17)8-10(3)16/h4-7,9,15H,8H2,1-3H3,(H,14,17). The highest BCUT2D eigenvalue weighted by Gasteiger charge is 2.15. The fourth-order valence-corrected chi connectivity index (χ4v) is 2.78. The Morgan fingerprint density at radius 2 is 1.70 bits per heavy atom. The summed E-state index contributed by atoms with van der Waals surface area (Å²) in [6.45, 7) is 4.79. The molecule has 0 heterocycles. The van der Waals surface area contributed by atoms with Crippen LogP contribution in [0.2, 0.25) is 0 Å². The van der Waals surface area contributed by atoms with E-state index in [4.69, 9.17) is 0 Å². The molecule has 0 unspecified atom stereocenters. The molecular weight excluding hydrogens is 280 g/mol. The largest absolute Gasteiger partial charge is 0.326 e. The lowest BCUT2D eigenvalue weighted by Gasteiger charge is -2.10. The maximum Gasteiger partial charge on any atom is 0.240 e. The van der Waals surface area contributed by atoms with E-state index in [2.05, 4.69) is 10.0 Å². The molecule has 0 saturated carbocycles. The third kappa shape index (κ3) is 5.10. The van der Waals surface area contributed by atoms with Crippen LogP contribution in [0.5, 0.6) is 0 Å². The van der Waals surface area contributed by atoms with Crippen LogP contribution in [0.25, 0.3) is 0 Å². The summed E-state index contributed by atoms with van der Waals surface area (Å²) in [5.74, 6) is -0.656. The van der Waals surface area contributed by atoms with E-state index in [1.807, 2.05) is 0 Å². The van der Waals surface area contributed by atoms with Gasteiger partial charge in [0.2, 0.25) is 15.9 Å². The summed E-state index contributed by atoms with van der Waals surface area (Å²) in [4.78, 5) is 22.3. The molecule has 0 aliphatic rings. The SMILES string of the molecule is CC(=O)CC(=O)Nc1ccc(S(=O)(=O)NC(C)C)cc1. The molecule has 6 nitrogen and oxygen atoms in total. The summed E-state index contributed by atoms with van der Waals surface area (Å²) in [5, 5.41) is 2.52. The van der Waals surface area contributed by atoms with E-state index >= 15 is 0 Å². The Hall–Kier alpha value is -1.73. The molecule has 0 fully saturated rings. The Labute approximate surface area is 118 Å². The molecule has 0 aliphatic carbocycles. The second kappa shape index (κ2) is 6.62. The first kappa shape index (κ1) is 16.3. The minimum atomic E-state index is -3.54. The summed E-state index contributed by atoms with van der Waals surface area (Å²) in [6.07, 6.45) is -0.199. The number of sulfonamides is 1. The fraction of sp³-hybridized carbons (Fsp3) is 0.385. The number of amides is 1. The molecule has 0 bridgehead atoms. The van der Waals surface area contributed by atoms with Gasteiger partial charge in [0.1, 0.15) is 5.78 Å². The highest BCUT2D eigenvalue weighted by molar-refractivity contribution is 7.89. The lowest BCUT2D eigenvalue weighted by molar-refractivity contribution is -0.124. The molecule has 110 valence electrons. The first-order valence-electron chi connectivity index (χ1n) is 6.12. The lowest BCUT2D eigenvalue weighted by atomic mass is 10.2. The Morgan fingerprint density at radius 3 is 2.15 bits per heavy atom. The van der Waals surface area contributed by atoms with Crippen LogP contribution in [-0.4, -0.2) is 26.2 Å². The van der Waals surface area contributed by atoms with Gasteiger partial charge in [0.25, 0.3) is 0 Å². The zero-order valence-corrected chi connectivity index (χ0v) is 12.5. The van der Waals surface area contributed by atoms with Crippen molar-refractivity contribution in [3.63, 3.8) is 0 Å². The third-order valence-corrected chi connectivity index (χ3v) is 3.92. The number of hydrogen-bond acceptors (Lipinski definition) is 4. The summed E-state index contributed by atoms with van der Waals surface area (Å²) < 4.78 is 26.2. The van der Waals surface area contributed by atoms with Crippen LogP contribution in [0, 0.1) is 0 Å². The topological polar surface area (TPSA) is 92.3 Å². The van der Waals surface area contributed by atoms with E-state index in [0.29, 0.717) is 5.69 Å². The van der Waals surface area contributed by atoms with Crippen molar-refractivity contribution in [3.05, 3.63) is 24.3 Å². The molecule has 7 heteroatoms. The van der Waals surface area contributed by atoms with E-state index in [1.54, 1.807) is 13.8 Å². The van der Waals surface area contributed by atoms with Crippen molar-refractivity contribution < 1.29 is 18.0 Å². The molecule has 1 aromatic rings. The van der Waals surface area contributed by atoms with Crippen molar-refractivity contribution >= 4 is 27.4 Å². The number of benzene rings is 1. The second-order valence-electron chi connectivity index (χ2n) is 4.73. The monoisotopic (exact) mass is 298 g/mol. The Balaban J connectivity index is 2.79. The number of rotatable bonds is 6. The van der Waals surface area contributed by atoms with Crippen molar-refractivity contribution in [2.24, 2.45) is 0 Å². The Morgan fingerprint density at radius 1 is 1.15 bits per heavy atom. The molecule has 0 spiro atoms. The number of Topliss-reactive ketones (excluding diaryl/α,β-unsaturated/α-hetero) is 1. The molecule has 1 amide bonds. The second-order valence-corrected chi connectivity index (χ2v) is 6.44. The highest BCUT2D eigenvalue weighted by atomic mass is 32.2. The maximum atomic E-state index is 11.9. The van der Waals surface area contributed by atoms with E-state index in [-0.39, 0.29) is 23.1 Å². The van der Waals surface area contributed by atoms with Crippen molar-refractivity contribution in [1.82, 2.24) is 4.72 Å². The van der Waals surface area contributed by atoms with Crippen LogP contribution >= 0.6 is 0 Å². The van der Waals surface area contributed by atoms with E-state index in [1.165, 1.54) is 31.2 Å². The van der Waals surface area contributed by atoms with Crippen LogP contribution < -0.4 is 10.0 Å². The molecule has 0 atom stereocenters. The normalized spacial score (nSPS) is 11.4. The zero-order valence-electron chi connectivity index (χ0n) is 11.6. The van der Waals surface area contributed by atoms with Gasteiger partial charge >= 0.3 is 0 Å². The maximum absolute atomic E-state index is 11.9.